The van der Waals surface area contributed by atoms with Crippen LogP contribution in [-0.4, -0.2) is 45.1 Å². The van der Waals surface area contributed by atoms with E-state index in [0.717, 1.165) is 47.8 Å². The number of nitrogens with zero attached hydrogens (tertiary/aromatic N) is 3. The largest absolute Gasteiger partial charge is 0.385 e. The van der Waals surface area contributed by atoms with Gasteiger partial charge in [0.15, 0.2) is 0 Å². The normalized spacial score (nSPS) is 22.9. The number of aromatic nitrogens is 4. The Morgan fingerprint density at radius 3 is 2.73 bits per heavy atom. The Morgan fingerprint density at radius 1 is 1.35 bits per heavy atom. The third-order valence-electron chi connectivity index (χ3n) is 5.36. The highest BCUT2D eigenvalue weighted by Crippen LogP contribution is 2.38. The molecule has 0 aromatic carbocycles. The van der Waals surface area contributed by atoms with Crippen molar-refractivity contribution in [1.82, 2.24) is 19.5 Å². The second-order valence-corrected chi connectivity index (χ2v) is 9.70. The van der Waals surface area contributed by atoms with Crippen LogP contribution in [0, 0.1) is 5.92 Å². The molecule has 1 saturated carbocycles. The van der Waals surface area contributed by atoms with Crippen LogP contribution in [0.2, 0.25) is 0 Å². The minimum atomic E-state index is -2.94. The summed E-state index contributed by atoms with van der Waals surface area (Å²) in [6.45, 7) is 1.73. The zero-order valence-corrected chi connectivity index (χ0v) is 15.8. The van der Waals surface area contributed by atoms with Gasteiger partial charge in [-0.1, -0.05) is 0 Å². The number of pyridine rings is 1. The molecule has 26 heavy (non-hydrogen) atoms. The number of nitrogens with one attached hydrogen (secondary N) is 1. The van der Waals surface area contributed by atoms with Gasteiger partial charge >= 0.3 is 0 Å². The highest BCUT2D eigenvalue weighted by atomic mass is 32.2. The van der Waals surface area contributed by atoms with Gasteiger partial charge in [0.05, 0.1) is 17.5 Å². The van der Waals surface area contributed by atoms with Crippen molar-refractivity contribution in [2.75, 3.05) is 12.0 Å². The molecule has 1 atom stereocenters. The molecule has 1 unspecified atom stereocenters. The molecule has 0 bridgehead atoms. The van der Waals surface area contributed by atoms with Crippen LogP contribution in [0.5, 0.6) is 0 Å². The molecule has 140 valence electrons. The highest BCUT2D eigenvalue weighted by Gasteiger charge is 2.29. The van der Waals surface area contributed by atoms with Gasteiger partial charge in [-0.15, -0.1) is 0 Å². The average Bonchev–Trinajstić information content (AvgIpc) is 3.17. The van der Waals surface area contributed by atoms with Crippen molar-refractivity contribution in [1.29, 1.82) is 0 Å². The average molecular weight is 376 g/mol. The lowest BCUT2D eigenvalue weighted by molar-refractivity contribution is 0.176. The molecule has 4 rings (SSSR count). The minimum Gasteiger partial charge on any atom is -0.385 e. The van der Waals surface area contributed by atoms with Gasteiger partial charge < -0.3 is 14.7 Å². The summed E-state index contributed by atoms with van der Waals surface area (Å²) in [5, 5.41) is 11.3. The lowest BCUT2D eigenvalue weighted by Crippen LogP contribution is -2.24. The number of aliphatic hydroxyl groups excluding tert-OH is 1. The molecule has 8 heteroatoms. The van der Waals surface area contributed by atoms with Crippen LogP contribution in [0.4, 0.5) is 0 Å². The molecule has 3 aromatic heterocycles. The Hall–Kier alpha value is -1.93. The Labute approximate surface area is 152 Å². The first kappa shape index (κ1) is 17.5. The Bertz CT molecular complexity index is 1040. The van der Waals surface area contributed by atoms with Gasteiger partial charge in [-0.25, -0.2) is 18.4 Å². The van der Waals surface area contributed by atoms with Gasteiger partial charge in [-0.2, -0.15) is 0 Å². The predicted molar refractivity (Wildman–Crippen MR) is 101 cm³/mol. The third kappa shape index (κ3) is 3.12. The molecule has 3 aromatic rings. The Kier molecular flexibility index (Phi) is 4.27. The van der Waals surface area contributed by atoms with Crippen molar-refractivity contribution < 1.29 is 13.5 Å². The number of sulfone groups is 1. The number of fused-ring (bicyclic) bond motifs is 3. The first-order valence-electron chi connectivity index (χ1n) is 9.03. The molecule has 7 nitrogen and oxygen atoms in total. The smallest absolute Gasteiger partial charge is 0.147 e. The molecule has 0 aliphatic heterocycles. The Balaban J connectivity index is 1.74. The minimum absolute atomic E-state index is 0.209. The lowest BCUT2D eigenvalue weighted by atomic mass is 9.87. The molecule has 2 N–H and O–H groups in total. The standard InChI is InChI=1S/C18H24N4O3S/c1-11(23)18-21-15-9-20-17-14(7-8-19-17)16(15)22(18)13-5-3-12(4-6-13)10-26(2,24)25/h7-9,11-13,23H,3-6,10H2,1-2H3,(H,19,20). The summed E-state index contributed by atoms with van der Waals surface area (Å²) in [4.78, 5) is 12.2. The van der Waals surface area contributed by atoms with E-state index in [1.165, 1.54) is 6.26 Å². The number of aliphatic hydroxyl groups is 1. The summed E-state index contributed by atoms with van der Waals surface area (Å²) in [5.74, 6) is 1.14. The van der Waals surface area contributed by atoms with Crippen LogP contribution >= 0.6 is 0 Å². The summed E-state index contributed by atoms with van der Waals surface area (Å²) in [6, 6.07) is 2.20. The van der Waals surface area contributed by atoms with Crippen LogP contribution in [0.25, 0.3) is 22.1 Å². The van der Waals surface area contributed by atoms with Crippen LogP contribution < -0.4 is 0 Å². The maximum atomic E-state index is 11.6. The molecule has 0 spiro atoms. The monoisotopic (exact) mass is 376 g/mol. The number of hydrogen-bond donors (Lipinski definition) is 2. The van der Waals surface area contributed by atoms with Crippen molar-refractivity contribution >= 4 is 31.9 Å². The maximum Gasteiger partial charge on any atom is 0.147 e. The molecule has 0 saturated heterocycles. The van der Waals surface area contributed by atoms with Crippen LogP contribution in [-0.2, 0) is 9.84 Å². The van der Waals surface area contributed by atoms with Gasteiger partial charge in [-0.3, -0.25) is 0 Å². The van der Waals surface area contributed by atoms with E-state index in [9.17, 15) is 13.5 Å². The van der Waals surface area contributed by atoms with Crippen LogP contribution in [0.15, 0.2) is 18.5 Å². The topological polar surface area (TPSA) is 101 Å². The van der Waals surface area contributed by atoms with Crippen LogP contribution in [0.1, 0.15) is 50.6 Å². The van der Waals surface area contributed by atoms with Gasteiger partial charge in [0.1, 0.15) is 32.9 Å². The third-order valence-corrected chi connectivity index (χ3v) is 6.43. The summed E-state index contributed by atoms with van der Waals surface area (Å²) < 4.78 is 25.3. The Morgan fingerprint density at radius 2 is 2.08 bits per heavy atom. The van der Waals surface area contributed by atoms with Gasteiger partial charge in [-0.05, 0) is 44.6 Å². The summed E-state index contributed by atoms with van der Waals surface area (Å²) in [6.07, 6.45) is 7.76. The van der Waals surface area contributed by atoms with Crippen molar-refractivity contribution in [3.05, 3.63) is 24.3 Å². The molecule has 0 amide bonds. The molecule has 1 aliphatic rings. The van der Waals surface area contributed by atoms with Gasteiger partial charge in [0, 0.05) is 23.9 Å². The fourth-order valence-corrected chi connectivity index (χ4v) is 5.46. The van der Waals surface area contributed by atoms with E-state index in [0.29, 0.717) is 5.82 Å². The van der Waals surface area contributed by atoms with E-state index >= 15 is 0 Å². The van der Waals surface area contributed by atoms with E-state index in [1.807, 2.05) is 12.3 Å². The fourth-order valence-electron chi connectivity index (χ4n) is 4.27. The summed E-state index contributed by atoms with van der Waals surface area (Å²) >= 11 is 0. The molecular formula is C18H24N4O3S. The number of rotatable bonds is 4. The van der Waals surface area contributed by atoms with Crippen molar-refractivity contribution in [3.8, 4) is 0 Å². The number of H-pyrrole nitrogens is 1. The van der Waals surface area contributed by atoms with Gasteiger partial charge in [0.25, 0.3) is 0 Å². The quantitative estimate of drug-likeness (QED) is 0.729. The van der Waals surface area contributed by atoms with E-state index in [-0.39, 0.29) is 17.7 Å². The molecular weight excluding hydrogens is 352 g/mol. The second-order valence-electron chi connectivity index (χ2n) is 7.51. The summed E-state index contributed by atoms with van der Waals surface area (Å²) in [7, 11) is -2.94. The van der Waals surface area contributed by atoms with E-state index < -0.39 is 15.9 Å². The highest BCUT2D eigenvalue weighted by molar-refractivity contribution is 7.90. The first-order chi connectivity index (χ1) is 12.3. The molecule has 0 radical (unpaired) electrons. The predicted octanol–water partition coefficient (Wildman–Crippen LogP) is 2.74. The lowest BCUT2D eigenvalue weighted by Gasteiger charge is -2.31. The number of imidazole rings is 1. The van der Waals surface area contributed by atoms with Crippen molar-refractivity contribution in [2.45, 2.75) is 44.8 Å². The summed E-state index contributed by atoms with van der Waals surface area (Å²) in [5.41, 5.74) is 2.59. The van der Waals surface area contributed by atoms with Crippen molar-refractivity contribution in [2.24, 2.45) is 5.92 Å². The second kappa shape index (κ2) is 6.35. The first-order valence-corrected chi connectivity index (χ1v) is 11.1. The number of aromatic amines is 1. The number of hydrogen-bond acceptors (Lipinski definition) is 5. The SMILES string of the molecule is CC(O)c1nc2cnc3[nH]ccc3c2n1C1CCC(CS(C)(=O)=O)CC1. The molecule has 1 aliphatic carbocycles. The fraction of sp³-hybridized carbons (Fsp3) is 0.556. The van der Waals surface area contributed by atoms with E-state index in [2.05, 4.69) is 19.5 Å². The van der Waals surface area contributed by atoms with Crippen molar-refractivity contribution in [3.63, 3.8) is 0 Å². The van der Waals surface area contributed by atoms with Gasteiger partial charge in [0.2, 0.25) is 0 Å². The molecule has 1 fully saturated rings. The zero-order chi connectivity index (χ0) is 18.5. The molecule has 3 heterocycles. The van der Waals surface area contributed by atoms with E-state index in [1.54, 1.807) is 13.1 Å². The zero-order valence-electron chi connectivity index (χ0n) is 15.0. The van der Waals surface area contributed by atoms with Crippen LogP contribution in [0.3, 0.4) is 0 Å². The maximum absolute atomic E-state index is 11.6. The van der Waals surface area contributed by atoms with E-state index in [4.69, 9.17) is 0 Å².